The summed E-state index contributed by atoms with van der Waals surface area (Å²) in [5, 5.41) is 3.70. The van der Waals surface area contributed by atoms with Gasteiger partial charge in [-0.2, -0.15) is 4.31 Å². The van der Waals surface area contributed by atoms with Crippen molar-refractivity contribution in [1.82, 2.24) is 9.29 Å². The number of anilines is 1. The number of carbonyl (C=O) groups excluding carboxylic acids is 1. The molecule has 0 radical (unpaired) electrons. The number of hydrogen-bond acceptors (Lipinski definition) is 5. The third-order valence-corrected chi connectivity index (χ3v) is 8.00. The Labute approximate surface area is 185 Å². The number of carbonyl (C=O) groups is 1. The van der Waals surface area contributed by atoms with Gasteiger partial charge in [0.2, 0.25) is 15.9 Å². The maximum absolute atomic E-state index is 12.7. The first-order valence-electron chi connectivity index (χ1n) is 9.16. The second-order valence-corrected chi connectivity index (χ2v) is 10.8. The van der Waals surface area contributed by atoms with E-state index in [4.69, 9.17) is 23.2 Å². The lowest BCUT2D eigenvalue weighted by Crippen LogP contribution is -2.35. The normalized spacial score (nSPS) is 16.4. The highest BCUT2D eigenvalue weighted by Crippen LogP contribution is 2.28. The number of amides is 1. The fourth-order valence-electron chi connectivity index (χ4n) is 2.90. The van der Waals surface area contributed by atoms with Crippen molar-refractivity contribution in [1.29, 1.82) is 0 Å². The topological polar surface area (TPSA) is 79.4 Å². The van der Waals surface area contributed by atoms with Crippen molar-refractivity contribution in [3.05, 3.63) is 46.6 Å². The molecule has 1 amide bonds. The lowest BCUT2D eigenvalue weighted by molar-refractivity contribution is -0.115. The molecule has 1 aromatic heterocycles. The Balaban J connectivity index is 1.63. The number of pyridine rings is 1. The third-order valence-electron chi connectivity index (χ3n) is 4.52. The van der Waals surface area contributed by atoms with Gasteiger partial charge in [0, 0.05) is 24.3 Å². The number of nitrogens with zero attached hydrogens (tertiary/aromatic N) is 2. The van der Waals surface area contributed by atoms with E-state index in [0.29, 0.717) is 33.8 Å². The van der Waals surface area contributed by atoms with E-state index >= 15 is 0 Å². The molecule has 0 aliphatic carbocycles. The SMILES string of the molecule is CC(Sc1ccc(S(=O)(=O)N2CCCCC2)cn1)C(=O)Nc1ccc(Cl)cc1Cl. The summed E-state index contributed by atoms with van der Waals surface area (Å²) in [5.41, 5.74) is 0.476. The second-order valence-electron chi connectivity index (χ2n) is 6.67. The van der Waals surface area contributed by atoms with Crippen LogP contribution in [-0.2, 0) is 14.8 Å². The second kappa shape index (κ2) is 9.66. The minimum atomic E-state index is -3.52. The molecule has 0 spiro atoms. The molecule has 1 aliphatic rings. The molecule has 1 aromatic carbocycles. The van der Waals surface area contributed by atoms with Crippen LogP contribution in [0, 0.1) is 0 Å². The Morgan fingerprint density at radius 2 is 1.90 bits per heavy atom. The molecule has 3 rings (SSSR count). The highest BCUT2D eigenvalue weighted by atomic mass is 35.5. The highest BCUT2D eigenvalue weighted by molar-refractivity contribution is 8.00. The summed E-state index contributed by atoms with van der Waals surface area (Å²) in [6.45, 7) is 2.83. The minimum absolute atomic E-state index is 0.175. The first-order valence-corrected chi connectivity index (χ1v) is 12.2. The lowest BCUT2D eigenvalue weighted by Gasteiger charge is -2.25. The molecule has 2 heterocycles. The standard InChI is InChI=1S/C19H21Cl2N3O3S2/c1-13(19(25)23-17-7-5-14(20)11-16(17)21)28-18-8-6-15(12-22-18)29(26,27)24-9-3-2-4-10-24/h5-8,11-13H,2-4,9-10H2,1H3,(H,23,25). The summed E-state index contributed by atoms with van der Waals surface area (Å²) in [5.74, 6) is -0.244. The van der Waals surface area contributed by atoms with Crippen LogP contribution < -0.4 is 5.32 Å². The summed E-state index contributed by atoms with van der Waals surface area (Å²) < 4.78 is 26.9. The van der Waals surface area contributed by atoms with Crippen molar-refractivity contribution in [3.63, 3.8) is 0 Å². The van der Waals surface area contributed by atoms with Crippen molar-refractivity contribution in [2.45, 2.75) is 41.4 Å². The zero-order valence-electron chi connectivity index (χ0n) is 15.8. The first kappa shape index (κ1) is 22.4. The zero-order chi connectivity index (χ0) is 21.0. The van der Waals surface area contributed by atoms with Gasteiger partial charge in [-0.15, -0.1) is 0 Å². The van der Waals surface area contributed by atoms with E-state index in [1.807, 2.05) is 0 Å². The summed E-state index contributed by atoms with van der Waals surface area (Å²) >= 11 is 13.2. The number of thioether (sulfide) groups is 1. The summed E-state index contributed by atoms with van der Waals surface area (Å²) in [4.78, 5) is 16.8. The predicted molar refractivity (Wildman–Crippen MR) is 117 cm³/mol. The van der Waals surface area contributed by atoms with Crippen LogP contribution in [-0.4, -0.2) is 42.0 Å². The molecular formula is C19H21Cl2N3O3S2. The molecule has 1 unspecified atom stereocenters. The Bertz CT molecular complexity index is 979. The maximum Gasteiger partial charge on any atom is 0.244 e. The van der Waals surface area contributed by atoms with Crippen LogP contribution in [0.15, 0.2) is 46.5 Å². The first-order chi connectivity index (χ1) is 13.8. The van der Waals surface area contributed by atoms with E-state index in [1.54, 1.807) is 37.3 Å². The third kappa shape index (κ3) is 5.64. The van der Waals surface area contributed by atoms with Gasteiger partial charge in [-0.1, -0.05) is 41.4 Å². The number of hydrogen-bond donors (Lipinski definition) is 1. The van der Waals surface area contributed by atoms with Crippen LogP contribution in [0.25, 0.3) is 0 Å². The van der Waals surface area contributed by atoms with Crippen molar-refractivity contribution < 1.29 is 13.2 Å². The number of piperidine rings is 1. The number of rotatable bonds is 6. The van der Waals surface area contributed by atoms with Crippen molar-refractivity contribution in [3.8, 4) is 0 Å². The molecule has 10 heteroatoms. The molecule has 156 valence electrons. The number of benzene rings is 1. The number of sulfonamides is 1. The smallest absolute Gasteiger partial charge is 0.244 e. The summed E-state index contributed by atoms with van der Waals surface area (Å²) in [6.07, 6.45) is 4.17. The summed E-state index contributed by atoms with van der Waals surface area (Å²) in [7, 11) is -3.52. The van der Waals surface area contributed by atoms with Crippen LogP contribution in [0.1, 0.15) is 26.2 Å². The molecule has 1 fully saturated rings. The van der Waals surface area contributed by atoms with Gasteiger partial charge in [-0.05, 0) is 50.1 Å². The lowest BCUT2D eigenvalue weighted by atomic mass is 10.2. The van der Waals surface area contributed by atoms with Gasteiger partial charge in [0.15, 0.2) is 0 Å². The van der Waals surface area contributed by atoms with Crippen molar-refractivity contribution in [2.24, 2.45) is 0 Å². The Morgan fingerprint density at radius 3 is 2.52 bits per heavy atom. The molecule has 1 atom stereocenters. The Hall–Kier alpha value is -1.32. The molecule has 1 saturated heterocycles. The van der Waals surface area contributed by atoms with Gasteiger partial charge in [0.05, 0.1) is 21.0 Å². The van der Waals surface area contributed by atoms with Crippen LogP contribution in [0.2, 0.25) is 10.0 Å². The molecule has 0 bridgehead atoms. The molecular weight excluding hydrogens is 453 g/mol. The molecule has 2 aromatic rings. The molecule has 29 heavy (non-hydrogen) atoms. The molecule has 1 N–H and O–H groups in total. The Kier molecular flexibility index (Phi) is 7.45. The van der Waals surface area contributed by atoms with Crippen LogP contribution in [0.3, 0.4) is 0 Å². The van der Waals surface area contributed by atoms with Gasteiger partial charge in [0.1, 0.15) is 4.90 Å². The average molecular weight is 474 g/mol. The maximum atomic E-state index is 12.7. The number of aromatic nitrogens is 1. The van der Waals surface area contributed by atoms with Crippen molar-refractivity contribution in [2.75, 3.05) is 18.4 Å². The molecule has 0 saturated carbocycles. The number of nitrogens with one attached hydrogen (secondary N) is 1. The minimum Gasteiger partial charge on any atom is -0.324 e. The molecule has 1 aliphatic heterocycles. The van der Waals surface area contributed by atoms with E-state index in [2.05, 4.69) is 10.3 Å². The fraction of sp³-hybridized carbons (Fsp3) is 0.368. The predicted octanol–water partition coefficient (Wildman–Crippen LogP) is 4.68. The van der Waals surface area contributed by atoms with Crippen LogP contribution in [0.5, 0.6) is 0 Å². The molecule has 6 nitrogen and oxygen atoms in total. The zero-order valence-corrected chi connectivity index (χ0v) is 18.9. The van der Waals surface area contributed by atoms with E-state index in [-0.39, 0.29) is 10.8 Å². The van der Waals surface area contributed by atoms with E-state index in [1.165, 1.54) is 22.3 Å². The fourth-order valence-corrected chi connectivity index (χ4v) is 5.61. The highest BCUT2D eigenvalue weighted by Gasteiger charge is 2.26. The van der Waals surface area contributed by atoms with Gasteiger partial charge in [0.25, 0.3) is 0 Å². The Morgan fingerprint density at radius 1 is 1.17 bits per heavy atom. The summed E-state index contributed by atoms with van der Waals surface area (Å²) in [6, 6.07) is 8.00. The largest absolute Gasteiger partial charge is 0.324 e. The number of halogens is 2. The van der Waals surface area contributed by atoms with E-state index in [9.17, 15) is 13.2 Å². The van der Waals surface area contributed by atoms with Crippen molar-refractivity contribution >= 4 is 56.6 Å². The average Bonchev–Trinajstić information content (AvgIpc) is 2.71. The van der Waals surface area contributed by atoms with Gasteiger partial charge in [-0.3, -0.25) is 4.79 Å². The van der Waals surface area contributed by atoms with Gasteiger partial charge in [-0.25, -0.2) is 13.4 Å². The van der Waals surface area contributed by atoms with Gasteiger partial charge >= 0.3 is 0 Å². The van der Waals surface area contributed by atoms with Crippen LogP contribution in [0.4, 0.5) is 5.69 Å². The monoisotopic (exact) mass is 473 g/mol. The van der Waals surface area contributed by atoms with E-state index < -0.39 is 15.3 Å². The van der Waals surface area contributed by atoms with Gasteiger partial charge < -0.3 is 5.32 Å². The quantitative estimate of drug-likeness (QED) is 0.615. The van der Waals surface area contributed by atoms with E-state index in [0.717, 1.165) is 19.3 Å². The van der Waals surface area contributed by atoms with Crippen LogP contribution >= 0.6 is 35.0 Å².